The van der Waals surface area contributed by atoms with Crippen molar-refractivity contribution in [1.29, 1.82) is 0 Å². The van der Waals surface area contributed by atoms with Gasteiger partial charge in [0.2, 0.25) is 0 Å². The highest BCUT2D eigenvalue weighted by Crippen LogP contribution is 2.04. The van der Waals surface area contributed by atoms with Crippen LogP contribution >= 0.6 is 0 Å². The van der Waals surface area contributed by atoms with Crippen molar-refractivity contribution in [1.82, 2.24) is 5.32 Å². The monoisotopic (exact) mass is 157 g/mol. The second-order valence-corrected chi connectivity index (χ2v) is 3.12. The van der Waals surface area contributed by atoms with Crippen LogP contribution in [0.1, 0.15) is 13.8 Å². The number of ketones is 1. The number of carbonyl (C=O) groups excluding carboxylic acids is 1. The highest BCUT2D eigenvalue weighted by molar-refractivity contribution is 5.85. The molecule has 1 aliphatic heterocycles. The van der Waals surface area contributed by atoms with Gasteiger partial charge < -0.3 is 10.1 Å². The number of carbonyl (C=O) groups is 1. The number of hydrogen-bond donors (Lipinski definition) is 1. The van der Waals surface area contributed by atoms with E-state index < -0.39 is 0 Å². The molecule has 1 atom stereocenters. The summed E-state index contributed by atoms with van der Waals surface area (Å²) in [6.45, 7) is 6.00. The first kappa shape index (κ1) is 8.68. The van der Waals surface area contributed by atoms with E-state index in [-0.39, 0.29) is 17.8 Å². The van der Waals surface area contributed by atoms with Crippen LogP contribution in [0.4, 0.5) is 0 Å². The number of morpholine rings is 1. The Morgan fingerprint density at radius 2 is 2.36 bits per heavy atom. The van der Waals surface area contributed by atoms with Crippen molar-refractivity contribution in [3.8, 4) is 0 Å². The molecule has 0 aliphatic carbocycles. The van der Waals surface area contributed by atoms with Crippen molar-refractivity contribution >= 4 is 5.78 Å². The minimum atomic E-state index is -0.205. The Morgan fingerprint density at radius 1 is 1.64 bits per heavy atom. The molecule has 1 rings (SSSR count). The Hall–Kier alpha value is -0.410. The van der Waals surface area contributed by atoms with E-state index in [9.17, 15) is 4.79 Å². The minimum absolute atomic E-state index is 0.0832. The van der Waals surface area contributed by atoms with Gasteiger partial charge in [0.15, 0.2) is 5.78 Å². The van der Waals surface area contributed by atoms with Crippen LogP contribution in [-0.2, 0) is 9.53 Å². The molecule has 0 aromatic heterocycles. The van der Waals surface area contributed by atoms with Crippen molar-refractivity contribution in [2.24, 2.45) is 5.92 Å². The third kappa shape index (κ3) is 2.27. The number of Topliss-reactive ketones (excluding diaryl/α,β-unsaturated/α-hetero) is 1. The standard InChI is InChI=1S/C8H15NO2/c1-6(2)8(10)7-5-9-3-4-11-7/h6-7,9H,3-5H2,1-2H3. The predicted octanol–water partition coefficient (Wildman–Crippen LogP) is 0.200. The first-order valence-electron chi connectivity index (χ1n) is 4.08. The molecule has 1 unspecified atom stereocenters. The molecule has 0 bridgehead atoms. The van der Waals surface area contributed by atoms with E-state index in [0.29, 0.717) is 13.2 Å². The molecule has 0 spiro atoms. The highest BCUT2D eigenvalue weighted by atomic mass is 16.5. The fraction of sp³-hybridized carbons (Fsp3) is 0.875. The number of nitrogens with one attached hydrogen (secondary N) is 1. The lowest BCUT2D eigenvalue weighted by Crippen LogP contribution is -2.44. The third-order valence-corrected chi connectivity index (χ3v) is 1.81. The normalized spacial score (nSPS) is 25.5. The summed E-state index contributed by atoms with van der Waals surface area (Å²) in [5.74, 6) is 0.289. The quantitative estimate of drug-likeness (QED) is 0.622. The molecule has 0 aromatic carbocycles. The van der Waals surface area contributed by atoms with Crippen molar-refractivity contribution in [2.45, 2.75) is 20.0 Å². The lowest BCUT2D eigenvalue weighted by molar-refractivity contribution is -0.135. The Kier molecular flexibility index (Phi) is 3.02. The maximum atomic E-state index is 11.3. The predicted molar refractivity (Wildman–Crippen MR) is 42.5 cm³/mol. The van der Waals surface area contributed by atoms with Crippen LogP contribution < -0.4 is 5.32 Å². The highest BCUT2D eigenvalue weighted by Gasteiger charge is 2.23. The molecular formula is C8H15NO2. The van der Waals surface area contributed by atoms with Gasteiger partial charge in [0, 0.05) is 19.0 Å². The second kappa shape index (κ2) is 3.83. The molecule has 1 saturated heterocycles. The van der Waals surface area contributed by atoms with Crippen molar-refractivity contribution in [3.63, 3.8) is 0 Å². The van der Waals surface area contributed by atoms with Gasteiger partial charge in [-0.05, 0) is 0 Å². The van der Waals surface area contributed by atoms with Crippen LogP contribution in [0.2, 0.25) is 0 Å². The van der Waals surface area contributed by atoms with Gasteiger partial charge in [-0.25, -0.2) is 0 Å². The first-order chi connectivity index (χ1) is 5.22. The molecule has 64 valence electrons. The summed E-state index contributed by atoms with van der Waals surface area (Å²) in [5, 5.41) is 3.12. The van der Waals surface area contributed by atoms with Gasteiger partial charge >= 0.3 is 0 Å². The van der Waals surface area contributed by atoms with E-state index in [2.05, 4.69) is 5.32 Å². The Balaban J connectivity index is 2.39. The summed E-state index contributed by atoms with van der Waals surface area (Å²) in [7, 11) is 0. The Morgan fingerprint density at radius 3 is 2.82 bits per heavy atom. The molecule has 3 heteroatoms. The van der Waals surface area contributed by atoms with Crippen LogP contribution in [-0.4, -0.2) is 31.6 Å². The summed E-state index contributed by atoms with van der Waals surface area (Å²) in [4.78, 5) is 11.3. The second-order valence-electron chi connectivity index (χ2n) is 3.12. The summed E-state index contributed by atoms with van der Waals surface area (Å²) >= 11 is 0. The molecule has 0 radical (unpaired) electrons. The summed E-state index contributed by atoms with van der Waals surface area (Å²) in [5.41, 5.74) is 0. The van der Waals surface area contributed by atoms with Crippen molar-refractivity contribution < 1.29 is 9.53 Å². The van der Waals surface area contributed by atoms with Crippen molar-refractivity contribution in [2.75, 3.05) is 19.7 Å². The topological polar surface area (TPSA) is 38.3 Å². The molecule has 11 heavy (non-hydrogen) atoms. The van der Waals surface area contributed by atoms with E-state index in [0.717, 1.165) is 6.54 Å². The van der Waals surface area contributed by atoms with Crippen molar-refractivity contribution in [3.05, 3.63) is 0 Å². The van der Waals surface area contributed by atoms with Gasteiger partial charge in [0.25, 0.3) is 0 Å². The summed E-state index contributed by atoms with van der Waals surface area (Å²) in [6, 6.07) is 0. The zero-order chi connectivity index (χ0) is 8.27. The maximum Gasteiger partial charge on any atom is 0.165 e. The van der Waals surface area contributed by atoms with E-state index in [4.69, 9.17) is 4.74 Å². The van der Waals surface area contributed by atoms with Gasteiger partial charge in [-0.1, -0.05) is 13.8 Å². The Bertz CT molecular complexity index is 139. The molecule has 0 aromatic rings. The largest absolute Gasteiger partial charge is 0.368 e. The van der Waals surface area contributed by atoms with Gasteiger partial charge in [-0.15, -0.1) is 0 Å². The SMILES string of the molecule is CC(C)C(=O)C1CNCCO1. The minimum Gasteiger partial charge on any atom is -0.368 e. The first-order valence-corrected chi connectivity index (χ1v) is 4.08. The Labute approximate surface area is 67.1 Å². The third-order valence-electron chi connectivity index (χ3n) is 1.81. The summed E-state index contributed by atoms with van der Waals surface area (Å²) in [6.07, 6.45) is -0.205. The molecule has 0 amide bonds. The van der Waals surface area contributed by atoms with Crippen LogP contribution in [0.3, 0.4) is 0 Å². The van der Waals surface area contributed by atoms with Crippen LogP contribution in [0.5, 0.6) is 0 Å². The van der Waals surface area contributed by atoms with Crippen LogP contribution in [0, 0.1) is 5.92 Å². The lowest BCUT2D eigenvalue weighted by atomic mass is 10.0. The van der Waals surface area contributed by atoms with Gasteiger partial charge in [0.1, 0.15) is 6.10 Å². The van der Waals surface area contributed by atoms with Gasteiger partial charge in [-0.2, -0.15) is 0 Å². The molecule has 3 nitrogen and oxygen atoms in total. The average molecular weight is 157 g/mol. The van der Waals surface area contributed by atoms with Crippen LogP contribution in [0.15, 0.2) is 0 Å². The lowest BCUT2D eigenvalue weighted by Gasteiger charge is -2.23. The number of ether oxygens (including phenoxy) is 1. The van der Waals surface area contributed by atoms with E-state index in [1.54, 1.807) is 0 Å². The summed E-state index contributed by atoms with van der Waals surface area (Å²) < 4.78 is 5.29. The van der Waals surface area contributed by atoms with Crippen LogP contribution in [0.25, 0.3) is 0 Å². The molecule has 1 aliphatic rings. The van der Waals surface area contributed by atoms with Gasteiger partial charge in [0.05, 0.1) is 6.61 Å². The van der Waals surface area contributed by atoms with Gasteiger partial charge in [-0.3, -0.25) is 4.79 Å². The van der Waals surface area contributed by atoms with E-state index in [1.807, 2.05) is 13.8 Å². The zero-order valence-electron chi connectivity index (χ0n) is 7.09. The fourth-order valence-electron chi connectivity index (χ4n) is 1.12. The molecule has 1 N–H and O–H groups in total. The number of rotatable bonds is 2. The average Bonchev–Trinajstić information content (AvgIpc) is 2.05. The fourth-order valence-corrected chi connectivity index (χ4v) is 1.12. The van der Waals surface area contributed by atoms with E-state index in [1.165, 1.54) is 0 Å². The smallest absolute Gasteiger partial charge is 0.165 e. The molecule has 1 fully saturated rings. The molecule has 0 saturated carbocycles. The van der Waals surface area contributed by atoms with E-state index >= 15 is 0 Å². The zero-order valence-corrected chi connectivity index (χ0v) is 7.09. The molecular weight excluding hydrogens is 142 g/mol. The number of hydrogen-bond acceptors (Lipinski definition) is 3. The maximum absolute atomic E-state index is 11.3. The molecule has 1 heterocycles.